The van der Waals surface area contributed by atoms with Crippen LogP contribution < -0.4 is 4.74 Å². The lowest BCUT2D eigenvalue weighted by atomic mass is 10.2. The van der Waals surface area contributed by atoms with Gasteiger partial charge in [-0.3, -0.25) is 4.40 Å². The molecule has 2 aromatic heterocycles. The van der Waals surface area contributed by atoms with E-state index in [1.54, 1.807) is 19.5 Å². The molecule has 5 heteroatoms. The molecule has 0 saturated heterocycles. The number of benzene rings is 1. The molecule has 0 amide bonds. The van der Waals surface area contributed by atoms with Gasteiger partial charge in [-0.15, -0.1) is 0 Å². The van der Waals surface area contributed by atoms with E-state index >= 15 is 0 Å². The number of hydrogen-bond donors (Lipinski definition) is 1. The number of fused-ring (bicyclic) bond motifs is 3. The van der Waals surface area contributed by atoms with Crippen LogP contribution in [0.15, 0.2) is 18.5 Å². The second-order valence-corrected chi connectivity index (χ2v) is 4.26. The zero-order valence-corrected chi connectivity index (χ0v) is 10.4. The number of methoxy groups -OCH3 is 1. The second-order valence-electron chi connectivity index (χ2n) is 4.26. The van der Waals surface area contributed by atoms with Crippen LogP contribution in [-0.4, -0.2) is 26.6 Å². The molecule has 0 aliphatic rings. The number of aromatic hydroxyl groups is 1. The van der Waals surface area contributed by atoms with Gasteiger partial charge < -0.3 is 9.84 Å². The lowest BCUT2D eigenvalue weighted by molar-refractivity contribution is 0.409. The number of nitrogens with zero attached hydrogens (tertiary/aromatic N) is 3. The van der Waals surface area contributed by atoms with E-state index in [4.69, 9.17) is 4.74 Å². The molecule has 5 nitrogen and oxygen atoms in total. The molecule has 0 aliphatic heterocycles. The average Bonchev–Trinajstić information content (AvgIpc) is 2.74. The molecule has 1 N–H and O–H groups in total. The second kappa shape index (κ2) is 3.60. The Morgan fingerprint density at radius 1 is 1.22 bits per heavy atom. The standard InChI is InChI=1S/C13H13N3O2/c1-7-13-8(2)15-12-10(16(13)6-14-7)4-9(18-3)5-11(12)17/h4-6,17H,1-3H3. The molecule has 3 aromatic rings. The Kier molecular flexibility index (Phi) is 2.16. The van der Waals surface area contributed by atoms with Crippen LogP contribution in [0.25, 0.3) is 16.6 Å². The zero-order valence-electron chi connectivity index (χ0n) is 10.4. The van der Waals surface area contributed by atoms with Gasteiger partial charge in [0.25, 0.3) is 0 Å². The SMILES string of the molecule is COc1cc(O)c2nc(C)c3c(C)ncn3c2c1. The summed E-state index contributed by atoms with van der Waals surface area (Å²) in [5.74, 6) is 0.707. The molecule has 0 fully saturated rings. The molecule has 0 spiro atoms. The Morgan fingerprint density at radius 3 is 2.72 bits per heavy atom. The van der Waals surface area contributed by atoms with Crippen molar-refractivity contribution in [2.75, 3.05) is 7.11 Å². The third kappa shape index (κ3) is 1.33. The van der Waals surface area contributed by atoms with Crippen molar-refractivity contribution in [2.24, 2.45) is 0 Å². The van der Waals surface area contributed by atoms with E-state index in [9.17, 15) is 5.11 Å². The summed E-state index contributed by atoms with van der Waals surface area (Å²) in [6, 6.07) is 3.40. The molecule has 0 radical (unpaired) electrons. The predicted molar refractivity (Wildman–Crippen MR) is 68.2 cm³/mol. The van der Waals surface area contributed by atoms with Gasteiger partial charge in [0.1, 0.15) is 23.3 Å². The number of imidazole rings is 1. The van der Waals surface area contributed by atoms with Crippen LogP contribution in [0.4, 0.5) is 0 Å². The van der Waals surface area contributed by atoms with Gasteiger partial charge in [-0.05, 0) is 13.8 Å². The summed E-state index contributed by atoms with van der Waals surface area (Å²) in [7, 11) is 1.57. The molecule has 92 valence electrons. The van der Waals surface area contributed by atoms with Gasteiger partial charge in [-0.2, -0.15) is 0 Å². The highest BCUT2D eigenvalue weighted by atomic mass is 16.5. The summed E-state index contributed by atoms with van der Waals surface area (Å²) < 4.78 is 7.09. The highest BCUT2D eigenvalue weighted by Crippen LogP contribution is 2.30. The van der Waals surface area contributed by atoms with E-state index < -0.39 is 0 Å². The smallest absolute Gasteiger partial charge is 0.147 e. The molecule has 0 bridgehead atoms. The van der Waals surface area contributed by atoms with Crippen LogP contribution in [-0.2, 0) is 0 Å². The van der Waals surface area contributed by atoms with E-state index in [1.165, 1.54) is 0 Å². The van der Waals surface area contributed by atoms with Crippen molar-refractivity contribution < 1.29 is 9.84 Å². The Hall–Kier alpha value is -2.30. The summed E-state index contributed by atoms with van der Waals surface area (Å²) in [6.45, 7) is 3.85. The average molecular weight is 243 g/mol. The first-order valence-corrected chi connectivity index (χ1v) is 5.63. The summed E-state index contributed by atoms with van der Waals surface area (Å²) in [5.41, 5.74) is 4.07. The summed E-state index contributed by atoms with van der Waals surface area (Å²) >= 11 is 0. The fourth-order valence-corrected chi connectivity index (χ4v) is 2.27. The number of phenols is 1. The van der Waals surface area contributed by atoms with Crippen LogP contribution in [0.2, 0.25) is 0 Å². The lowest BCUT2D eigenvalue weighted by Gasteiger charge is -2.09. The van der Waals surface area contributed by atoms with Crippen molar-refractivity contribution in [3.63, 3.8) is 0 Å². The Balaban J connectivity index is 2.56. The number of aromatic nitrogens is 3. The topological polar surface area (TPSA) is 59.7 Å². The third-order valence-corrected chi connectivity index (χ3v) is 3.11. The first kappa shape index (κ1) is 10.8. The van der Waals surface area contributed by atoms with E-state index in [0.29, 0.717) is 11.3 Å². The van der Waals surface area contributed by atoms with Crippen molar-refractivity contribution in [1.82, 2.24) is 14.4 Å². The van der Waals surface area contributed by atoms with Crippen LogP contribution in [0.1, 0.15) is 11.4 Å². The quantitative estimate of drug-likeness (QED) is 0.712. The number of hydrogen-bond acceptors (Lipinski definition) is 4. The van der Waals surface area contributed by atoms with Gasteiger partial charge in [0, 0.05) is 12.1 Å². The molecule has 1 aromatic carbocycles. The van der Waals surface area contributed by atoms with E-state index in [-0.39, 0.29) is 5.75 Å². The maximum atomic E-state index is 10.00. The highest BCUT2D eigenvalue weighted by Gasteiger charge is 2.12. The van der Waals surface area contributed by atoms with Gasteiger partial charge in [0.2, 0.25) is 0 Å². The van der Waals surface area contributed by atoms with E-state index in [1.807, 2.05) is 24.3 Å². The van der Waals surface area contributed by atoms with Crippen LogP contribution in [0.3, 0.4) is 0 Å². The van der Waals surface area contributed by atoms with E-state index in [2.05, 4.69) is 9.97 Å². The fourth-order valence-electron chi connectivity index (χ4n) is 2.27. The Labute approximate surface area is 104 Å². The maximum absolute atomic E-state index is 10.00. The number of ether oxygens (including phenoxy) is 1. The summed E-state index contributed by atoms with van der Waals surface area (Å²) in [5, 5.41) is 10.00. The predicted octanol–water partition coefficient (Wildman–Crippen LogP) is 2.21. The third-order valence-electron chi connectivity index (χ3n) is 3.11. The monoisotopic (exact) mass is 243 g/mol. The van der Waals surface area contributed by atoms with Crippen LogP contribution in [0.5, 0.6) is 11.5 Å². The van der Waals surface area contributed by atoms with Crippen molar-refractivity contribution in [2.45, 2.75) is 13.8 Å². The van der Waals surface area contributed by atoms with Crippen molar-refractivity contribution in [1.29, 1.82) is 0 Å². The van der Waals surface area contributed by atoms with Crippen LogP contribution >= 0.6 is 0 Å². The number of aryl methyl sites for hydroxylation is 2. The molecule has 0 atom stereocenters. The zero-order chi connectivity index (χ0) is 12.9. The molecular weight excluding hydrogens is 230 g/mol. The first-order valence-electron chi connectivity index (χ1n) is 5.63. The minimum absolute atomic E-state index is 0.112. The van der Waals surface area contributed by atoms with Gasteiger partial charge in [0.05, 0.1) is 29.5 Å². The minimum atomic E-state index is 0.112. The molecule has 3 rings (SSSR count). The van der Waals surface area contributed by atoms with E-state index in [0.717, 1.165) is 22.4 Å². The molecule has 2 heterocycles. The molecule has 0 saturated carbocycles. The van der Waals surface area contributed by atoms with Crippen molar-refractivity contribution in [3.05, 3.63) is 29.8 Å². The number of phenolic OH excluding ortho intramolecular Hbond substituents is 1. The molecular formula is C13H13N3O2. The van der Waals surface area contributed by atoms with Gasteiger partial charge in [-0.25, -0.2) is 9.97 Å². The molecule has 18 heavy (non-hydrogen) atoms. The van der Waals surface area contributed by atoms with Crippen molar-refractivity contribution in [3.8, 4) is 11.5 Å². The van der Waals surface area contributed by atoms with Crippen molar-refractivity contribution >= 4 is 16.6 Å². The molecule has 0 unspecified atom stereocenters. The Morgan fingerprint density at radius 2 is 2.00 bits per heavy atom. The van der Waals surface area contributed by atoms with Gasteiger partial charge >= 0.3 is 0 Å². The van der Waals surface area contributed by atoms with Gasteiger partial charge in [0.15, 0.2) is 0 Å². The fraction of sp³-hybridized carbons (Fsp3) is 0.231. The normalized spacial score (nSPS) is 11.3. The highest BCUT2D eigenvalue weighted by molar-refractivity contribution is 5.86. The van der Waals surface area contributed by atoms with Crippen LogP contribution in [0, 0.1) is 13.8 Å². The lowest BCUT2D eigenvalue weighted by Crippen LogP contribution is -1.96. The largest absolute Gasteiger partial charge is 0.505 e. The Bertz CT molecular complexity index is 762. The van der Waals surface area contributed by atoms with Gasteiger partial charge in [-0.1, -0.05) is 0 Å². The summed E-state index contributed by atoms with van der Waals surface area (Å²) in [6.07, 6.45) is 1.74. The molecule has 0 aliphatic carbocycles. The summed E-state index contributed by atoms with van der Waals surface area (Å²) in [4.78, 5) is 8.74. The number of rotatable bonds is 1. The first-order chi connectivity index (χ1) is 8.61. The minimum Gasteiger partial charge on any atom is -0.505 e. The maximum Gasteiger partial charge on any atom is 0.147 e.